The van der Waals surface area contributed by atoms with Crippen molar-refractivity contribution < 1.29 is 40.6 Å². The summed E-state index contributed by atoms with van der Waals surface area (Å²) in [5.74, 6) is -0.592. The number of hydrogen-bond donors (Lipinski definition) is 0. The van der Waals surface area contributed by atoms with E-state index in [0.29, 0.717) is 18.0 Å². The van der Waals surface area contributed by atoms with Gasteiger partial charge in [-0.15, -0.1) is 0 Å². The van der Waals surface area contributed by atoms with Gasteiger partial charge in [0.2, 0.25) is 0 Å². The summed E-state index contributed by atoms with van der Waals surface area (Å²) in [4.78, 5) is 1.66. The van der Waals surface area contributed by atoms with Crippen LogP contribution in [0.4, 0.5) is 5.69 Å². The van der Waals surface area contributed by atoms with Crippen LogP contribution >= 0.6 is 12.0 Å². The summed E-state index contributed by atoms with van der Waals surface area (Å²) in [6, 6.07) is 7.21. The molecule has 0 amide bonds. The van der Waals surface area contributed by atoms with E-state index in [2.05, 4.69) is 9.37 Å². The van der Waals surface area contributed by atoms with Gasteiger partial charge >= 0.3 is 167 Å². The first-order valence-corrected chi connectivity index (χ1v) is 15.1. The minimum atomic E-state index is -4.38. The quantitative estimate of drug-likeness (QED) is 0.0821. The van der Waals surface area contributed by atoms with Gasteiger partial charge in [0.25, 0.3) is 0 Å². The van der Waals surface area contributed by atoms with Crippen LogP contribution in [-0.2, 0) is 29.6 Å². The van der Waals surface area contributed by atoms with Gasteiger partial charge in [0.05, 0.1) is 0 Å². The molecule has 1 saturated heterocycles. The zero-order chi connectivity index (χ0) is 20.1. The molecule has 0 bridgehead atoms. The maximum atomic E-state index is 10.9. The van der Waals surface area contributed by atoms with Crippen LogP contribution < -0.4 is 14.5 Å². The van der Waals surface area contributed by atoms with Gasteiger partial charge in [0.15, 0.2) is 0 Å². The molecule has 2 atom stereocenters. The Morgan fingerprint density at radius 2 is 1.78 bits per heavy atom. The van der Waals surface area contributed by atoms with Crippen molar-refractivity contribution in [3.63, 3.8) is 0 Å². The first-order chi connectivity index (χ1) is 12.6. The molecule has 1 aliphatic rings. The minimum absolute atomic E-state index is 0.0253. The Morgan fingerprint density at radius 3 is 2.33 bits per heavy atom. The predicted molar refractivity (Wildman–Crippen MR) is 96.4 cm³/mol. The van der Waals surface area contributed by atoms with Crippen molar-refractivity contribution in [2.24, 2.45) is 0 Å². The first kappa shape index (κ1) is 22.9. The summed E-state index contributed by atoms with van der Waals surface area (Å²) in [5, 5.41) is 13.8. The maximum absolute atomic E-state index is 10.9. The van der Waals surface area contributed by atoms with Crippen molar-refractivity contribution in [2.45, 2.75) is 9.91 Å². The Morgan fingerprint density at radius 1 is 1.11 bits per heavy atom. The van der Waals surface area contributed by atoms with E-state index in [-0.39, 0.29) is 17.0 Å². The average molecular weight is 502 g/mol. The first-order valence-electron chi connectivity index (χ1n) is 7.66. The number of benzene rings is 1. The summed E-state index contributed by atoms with van der Waals surface area (Å²) in [6.07, 6.45) is 0. The molecule has 1 aliphatic heterocycles. The molecule has 0 spiro atoms. The van der Waals surface area contributed by atoms with Crippen molar-refractivity contribution in [3.05, 3.63) is 24.3 Å². The fraction of sp³-hybridized carbons (Fsp3) is 0.538. The summed E-state index contributed by atoms with van der Waals surface area (Å²) in [6.45, 7) is 0.282. The third kappa shape index (κ3) is 8.67. The van der Waals surface area contributed by atoms with Gasteiger partial charge in [0, 0.05) is 0 Å². The van der Waals surface area contributed by atoms with Crippen molar-refractivity contribution >= 4 is 57.0 Å². The molecule has 2 unspecified atom stereocenters. The zero-order valence-electron chi connectivity index (χ0n) is 13.9. The summed E-state index contributed by atoms with van der Waals surface area (Å²) >= 11 is -0.762. The van der Waals surface area contributed by atoms with Gasteiger partial charge in [-0.2, -0.15) is 0 Å². The molecule has 0 aliphatic carbocycles. The van der Waals surface area contributed by atoms with Crippen LogP contribution in [0.3, 0.4) is 0 Å². The topological polar surface area (TPSA) is 159 Å². The van der Waals surface area contributed by atoms with E-state index in [1.807, 2.05) is 12.1 Å². The predicted octanol–water partition coefficient (Wildman–Crippen LogP) is -1.46. The van der Waals surface area contributed by atoms with E-state index in [0.717, 1.165) is 21.6 Å². The van der Waals surface area contributed by atoms with Gasteiger partial charge in [-0.05, 0) is 0 Å². The molecule has 1 fully saturated rings. The molecular weight excluding hydrogens is 485 g/mol. The van der Waals surface area contributed by atoms with Crippen molar-refractivity contribution in [1.29, 1.82) is 0 Å². The van der Waals surface area contributed by atoms with Crippen LogP contribution in [0.5, 0.6) is 0 Å². The van der Waals surface area contributed by atoms with Gasteiger partial charge < -0.3 is 0 Å². The molecule has 0 radical (unpaired) electrons. The second kappa shape index (κ2) is 9.90. The number of rotatable bonds is 12. The number of hydrogen-bond acceptors (Lipinski definition) is 11. The van der Waals surface area contributed by atoms with Gasteiger partial charge in [-0.3, -0.25) is 0 Å². The summed E-state index contributed by atoms with van der Waals surface area (Å²) in [7, 11) is -8.60. The van der Waals surface area contributed by atoms with Crippen LogP contribution in [0.1, 0.15) is 0 Å². The monoisotopic (exact) mass is 502 g/mol. The summed E-state index contributed by atoms with van der Waals surface area (Å²) < 4.78 is 70.4. The van der Waals surface area contributed by atoms with Crippen molar-refractivity contribution in [2.75, 3.05) is 35.2 Å². The van der Waals surface area contributed by atoms with E-state index in [9.17, 15) is 31.2 Å². The zero-order valence-corrected chi connectivity index (χ0v) is 18.2. The molecule has 1 aromatic rings. The Hall–Kier alpha value is -0.372. The normalized spacial score (nSPS) is 19.8. The second-order valence-electron chi connectivity index (χ2n) is 5.75. The van der Waals surface area contributed by atoms with Crippen LogP contribution in [0.25, 0.3) is 0 Å². The number of nitrogens with zero attached hydrogens (tertiary/aromatic N) is 1. The molecular formula is C13H17AsNO9S3-3. The van der Waals surface area contributed by atoms with Crippen molar-refractivity contribution in [1.82, 2.24) is 0 Å². The number of anilines is 1. The van der Waals surface area contributed by atoms with E-state index >= 15 is 0 Å². The van der Waals surface area contributed by atoms with E-state index in [4.69, 9.17) is 0 Å². The molecule has 0 N–H and O–H groups in total. The fourth-order valence-electron chi connectivity index (χ4n) is 2.52. The second-order valence-corrected chi connectivity index (χ2v) is 14.9. The van der Waals surface area contributed by atoms with Crippen LogP contribution in [0, 0.1) is 0 Å². The van der Waals surface area contributed by atoms with Crippen LogP contribution in [-0.4, -0.2) is 70.9 Å². The Balaban J connectivity index is 2.00. The van der Waals surface area contributed by atoms with E-state index < -0.39 is 40.6 Å². The van der Waals surface area contributed by atoms with Gasteiger partial charge in [0.1, 0.15) is 0 Å². The molecule has 2 rings (SSSR count). The molecule has 0 aromatic heterocycles. The SMILES string of the molecule is O=S(=O)([O-])CCN(CCSOO[O-])c1ccc([As]2CC2CS(=O)(=O)[O-])cc1. The Kier molecular flexibility index (Phi) is 8.40. The van der Waals surface area contributed by atoms with Gasteiger partial charge in [-0.1, -0.05) is 0 Å². The van der Waals surface area contributed by atoms with Crippen LogP contribution in [0.2, 0.25) is 9.91 Å². The molecule has 1 heterocycles. The molecule has 10 nitrogen and oxygen atoms in total. The Labute approximate surface area is 166 Å². The van der Waals surface area contributed by atoms with E-state index in [1.165, 1.54) is 0 Å². The van der Waals surface area contributed by atoms with Gasteiger partial charge in [-0.25, -0.2) is 0 Å². The molecule has 1 aromatic carbocycles. The molecule has 27 heavy (non-hydrogen) atoms. The molecule has 14 heteroatoms. The Bertz CT molecular complexity index is 816. The standard InChI is InChI=1S/C13H20AsNO9S3/c16-23-24-25-7-5-15(6-8-26(17,18)19)13-3-1-11(2-4-13)14-9-12(14)10-27(20,21)22/h1-4,12,16H,5-10H2,(H,17,18,19)(H,20,21,22)/p-3. The summed E-state index contributed by atoms with van der Waals surface area (Å²) in [5.41, 5.74) is 0.676. The third-order valence-electron chi connectivity index (χ3n) is 3.79. The molecule has 0 saturated carbocycles. The molecule has 154 valence electrons. The van der Waals surface area contributed by atoms with E-state index in [1.54, 1.807) is 17.0 Å². The third-order valence-corrected chi connectivity index (χ3v) is 11.7. The van der Waals surface area contributed by atoms with Crippen molar-refractivity contribution in [3.8, 4) is 0 Å². The fourth-order valence-corrected chi connectivity index (χ4v) is 11.2. The average Bonchev–Trinajstić information content (AvgIpc) is 3.30. The van der Waals surface area contributed by atoms with Crippen LogP contribution in [0.15, 0.2) is 24.3 Å².